The molecule has 6 heteroatoms. The van der Waals surface area contributed by atoms with Crippen LogP contribution in [-0.2, 0) is 12.0 Å². The predicted octanol–water partition coefficient (Wildman–Crippen LogP) is 7.76. The Morgan fingerprint density at radius 3 is 2.47 bits per heavy atom. The molecular weight excluding hydrogens is 448 g/mol. The summed E-state index contributed by atoms with van der Waals surface area (Å²) in [5.74, 6) is 0.861. The summed E-state index contributed by atoms with van der Waals surface area (Å²) < 4.78 is 26.8. The van der Waals surface area contributed by atoms with Crippen LogP contribution in [0, 0.1) is 5.82 Å². The molecule has 0 spiro atoms. The zero-order valence-corrected chi connectivity index (χ0v) is 20.3. The van der Waals surface area contributed by atoms with E-state index < -0.39 is 5.18 Å². The molecule has 0 aromatic heterocycles. The minimum atomic E-state index is -1.26. The fraction of sp³-hybridized carbons (Fsp3) is 0.308. The number of hydrogen-bond acceptors (Lipinski definition) is 3. The highest BCUT2D eigenvalue weighted by Crippen LogP contribution is 2.50. The van der Waals surface area contributed by atoms with Gasteiger partial charge >= 0.3 is 0 Å². The molecule has 0 saturated carbocycles. The van der Waals surface area contributed by atoms with Crippen LogP contribution in [0.4, 0.5) is 10.1 Å². The molecule has 0 amide bonds. The minimum Gasteiger partial charge on any atom is -0.495 e. The van der Waals surface area contributed by atoms with E-state index in [1.807, 2.05) is 62.1 Å². The van der Waals surface area contributed by atoms with Gasteiger partial charge in [-0.15, -0.1) is 0 Å². The van der Waals surface area contributed by atoms with Gasteiger partial charge in [0.2, 0.25) is 0 Å². The van der Waals surface area contributed by atoms with Crippen LogP contribution in [0.15, 0.2) is 54.6 Å². The number of fused-ring (bicyclic) bond motifs is 3. The van der Waals surface area contributed by atoms with Crippen LogP contribution >= 0.6 is 23.2 Å². The lowest BCUT2D eigenvalue weighted by Crippen LogP contribution is -2.46. The first-order valence-corrected chi connectivity index (χ1v) is 11.2. The third-order valence-corrected chi connectivity index (χ3v) is 6.28. The van der Waals surface area contributed by atoms with Gasteiger partial charge in [-0.1, -0.05) is 74.3 Å². The molecule has 0 N–H and O–H groups in total. The van der Waals surface area contributed by atoms with Crippen LogP contribution in [0.3, 0.4) is 0 Å². The summed E-state index contributed by atoms with van der Waals surface area (Å²) in [6.07, 6.45) is 0. The van der Waals surface area contributed by atoms with Gasteiger partial charge in [0.25, 0.3) is 5.18 Å². The number of alkyl halides is 1. The smallest absolute Gasteiger partial charge is 0.258 e. The van der Waals surface area contributed by atoms with E-state index >= 15 is 0 Å². The maximum Gasteiger partial charge on any atom is 0.258 e. The molecule has 1 heterocycles. The van der Waals surface area contributed by atoms with Crippen molar-refractivity contribution in [3.63, 3.8) is 0 Å². The number of rotatable bonds is 3. The van der Waals surface area contributed by atoms with Gasteiger partial charge in [-0.2, -0.15) is 0 Å². The highest BCUT2D eigenvalue weighted by Gasteiger charge is 2.40. The normalized spacial score (nSPS) is 17.8. The second kappa shape index (κ2) is 8.17. The summed E-state index contributed by atoms with van der Waals surface area (Å²) in [5.41, 5.74) is 3.63. The molecule has 32 heavy (non-hydrogen) atoms. The number of nitrogens with zero attached hydrogens (tertiary/aromatic N) is 1. The molecule has 0 saturated heterocycles. The van der Waals surface area contributed by atoms with Gasteiger partial charge in [-0.05, 0) is 29.7 Å². The van der Waals surface area contributed by atoms with Gasteiger partial charge in [-0.3, -0.25) is 0 Å². The third-order valence-electron chi connectivity index (χ3n) is 5.70. The molecule has 1 unspecified atom stereocenters. The third kappa shape index (κ3) is 4.02. The van der Waals surface area contributed by atoms with Crippen LogP contribution < -0.4 is 14.4 Å². The summed E-state index contributed by atoms with van der Waals surface area (Å²) in [4.78, 5) is 1.95. The fourth-order valence-electron chi connectivity index (χ4n) is 4.16. The number of halogens is 3. The number of para-hydroxylation sites is 2. The molecule has 0 bridgehead atoms. The lowest BCUT2D eigenvalue weighted by molar-refractivity contribution is 0.168. The van der Waals surface area contributed by atoms with Crippen LogP contribution in [0.2, 0.25) is 5.02 Å². The van der Waals surface area contributed by atoms with Crippen LogP contribution in [0.25, 0.3) is 11.1 Å². The molecule has 1 aliphatic heterocycles. The van der Waals surface area contributed by atoms with Gasteiger partial charge in [0.1, 0.15) is 17.3 Å². The Balaban J connectivity index is 1.95. The number of methoxy groups -OCH3 is 1. The van der Waals surface area contributed by atoms with Crippen molar-refractivity contribution in [2.45, 2.75) is 44.8 Å². The van der Waals surface area contributed by atoms with Crippen LogP contribution in [-0.4, -0.2) is 12.3 Å². The van der Waals surface area contributed by atoms with E-state index in [4.69, 9.17) is 32.7 Å². The highest BCUT2D eigenvalue weighted by atomic mass is 35.5. The van der Waals surface area contributed by atoms with E-state index in [2.05, 4.69) is 0 Å². The molecule has 0 radical (unpaired) electrons. The van der Waals surface area contributed by atoms with Gasteiger partial charge in [0.15, 0.2) is 0 Å². The highest BCUT2D eigenvalue weighted by molar-refractivity contribution is 6.32. The number of benzene rings is 3. The molecular formula is C26H26Cl2FNO2. The van der Waals surface area contributed by atoms with Gasteiger partial charge in [0, 0.05) is 34.9 Å². The molecule has 3 aromatic carbocycles. The summed E-state index contributed by atoms with van der Waals surface area (Å²) in [6.45, 7) is 8.27. The largest absolute Gasteiger partial charge is 0.495 e. The lowest BCUT2D eigenvalue weighted by Gasteiger charge is -2.38. The Labute approximate surface area is 198 Å². The van der Waals surface area contributed by atoms with Gasteiger partial charge < -0.3 is 14.4 Å². The quantitative estimate of drug-likeness (QED) is 0.286. The van der Waals surface area contributed by atoms with E-state index in [9.17, 15) is 4.39 Å². The summed E-state index contributed by atoms with van der Waals surface area (Å²) in [6, 6.07) is 16.4. The second-order valence-corrected chi connectivity index (χ2v) is 10.2. The summed E-state index contributed by atoms with van der Waals surface area (Å²) >= 11 is 13.4. The Morgan fingerprint density at radius 1 is 1.06 bits per heavy atom. The summed E-state index contributed by atoms with van der Waals surface area (Å²) in [5, 5.41) is -0.738. The van der Waals surface area contributed by atoms with Crippen molar-refractivity contribution < 1.29 is 13.9 Å². The number of ether oxygens (including phenoxy) is 2. The first-order valence-electron chi connectivity index (χ1n) is 10.4. The molecule has 1 atom stereocenters. The van der Waals surface area contributed by atoms with E-state index in [-0.39, 0.29) is 11.2 Å². The number of anilines is 1. The van der Waals surface area contributed by atoms with Crippen LogP contribution in [0.1, 0.15) is 38.8 Å². The Morgan fingerprint density at radius 2 is 1.78 bits per heavy atom. The maximum absolute atomic E-state index is 14.8. The Bertz CT molecular complexity index is 1170. The molecule has 1 aliphatic rings. The first-order chi connectivity index (χ1) is 15.0. The Hall–Kier alpha value is -2.43. The minimum absolute atomic E-state index is 0.312. The van der Waals surface area contributed by atoms with E-state index in [1.54, 1.807) is 20.1 Å². The average molecular weight is 474 g/mol. The molecule has 0 fully saturated rings. The van der Waals surface area contributed by atoms with Gasteiger partial charge in [-0.25, -0.2) is 4.39 Å². The average Bonchev–Trinajstić information content (AvgIpc) is 2.80. The standard InChI is InChI=1S/C26H26Cl2FNO2/c1-25(2,3)20-14-17(29)13-19-18-10-6-7-12-22(18)30(26(4,28)32-24(19)20)15-16-9-8-11-21(27)23(16)31-5/h6-14H,15H2,1-5H3. The van der Waals surface area contributed by atoms with Crippen molar-refractivity contribution in [3.8, 4) is 22.6 Å². The van der Waals surface area contributed by atoms with E-state index in [1.165, 1.54) is 12.1 Å². The van der Waals surface area contributed by atoms with Crippen molar-refractivity contribution in [2.75, 3.05) is 12.0 Å². The Kier molecular flexibility index (Phi) is 5.81. The monoisotopic (exact) mass is 473 g/mol. The van der Waals surface area contributed by atoms with E-state index in [0.717, 1.165) is 22.4 Å². The number of hydrogen-bond donors (Lipinski definition) is 0. The van der Waals surface area contributed by atoms with Crippen molar-refractivity contribution in [3.05, 3.63) is 76.6 Å². The van der Waals surface area contributed by atoms with Crippen molar-refractivity contribution in [1.29, 1.82) is 0 Å². The maximum atomic E-state index is 14.8. The lowest BCUT2D eigenvalue weighted by atomic mass is 9.84. The molecule has 3 aromatic rings. The first kappa shape index (κ1) is 22.8. The fourth-order valence-corrected chi connectivity index (χ4v) is 4.66. The SMILES string of the molecule is COc1c(Cl)cccc1CN1c2ccccc2-c2cc(F)cc(C(C)(C)C)c2OC1(C)Cl. The second-order valence-electron chi connectivity index (χ2n) is 9.09. The molecule has 0 aliphatic carbocycles. The molecule has 3 nitrogen and oxygen atoms in total. The topological polar surface area (TPSA) is 21.7 Å². The molecule has 168 valence electrons. The predicted molar refractivity (Wildman–Crippen MR) is 130 cm³/mol. The van der Waals surface area contributed by atoms with E-state index in [0.29, 0.717) is 28.6 Å². The van der Waals surface area contributed by atoms with Crippen molar-refractivity contribution in [2.24, 2.45) is 0 Å². The van der Waals surface area contributed by atoms with Crippen molar-refractivity contribution in [1.82, 2.24) is 0 Å². The zero-order valence-electron chi connectivity index (χ0n) is 18.8. The summed E-state index contributed by atoms with van der Waals surface area (Å²) in [7, 11) is 1.59. The zero-order chi connectivity index (χ0) is 23.3. The van der Waals surface area contributed by atoms with Gasteiger partial charge in [0.05, 0.1) is 18.7 Å². The van der Waals surface area contributed by atoms with Crippen molar-refractivity contribution >= 4 is 28.9 Å². The van der Waals surface area contributed by atoms with Crippen LogP contribution in [0.5, 0.6) is 11.5 Å². The molecule has 4 rings (SSSR count).